The maximum absolute atomic E-state index is 13.5. The third-order valence-corrected chi connectivity index (χ3v) is 6.51. The van der Waals surface area contributed by atoms with E-state index in [1.807, 2.05) is 0 Å². The highest BCUT2D eigenvalue weighted by molar-refractivity contribution is 9.10. The minimum Gasteiger partial charge on any atom is -0.481 e. The number of hydrogen-bond donors (Lipinski definition) is 5. The van der Waals surface area contributed by atoms with E-state index in [1.165, 1.54) is 23.0 Å². The Labute approximate surface area is 223 Å². The summed E-state index contributed by atoms with van der Waals surface area (Å²) < 4.78 is 15.3. The van der Waals surface area contributed by atoms with Crippen molar-refractivity contribution in [2.75, 3.05) is 18.4 Å². The lowest BCUT2D eigenvalue weighted by Gasteiger charge is -2.26. The molecule has 3 aromatic rings. The number of anilines is 1. The van der Waals surface area contributed by atoms with Crippen LogP contribution in [0.5, 0.6) is 0 Å². The Morgan fingerprint density at radius 1 is 1.27 bits per heavy atom. The van der Waals surface area contributed by atoms with E-state index < -0.39 is 42.3 Å². The number of aliphatic carboxylic acids is 1. The van der Waals surface area contributed by atoms with Gasteiger partial charge in [0.05, 0.1) is 36.9 Å². The Morgan fingerprint density at radius 3 is 2.62 bits per heavy atom. The summed E-state index contributed by atoms with van der Waals surface area (Å²) in [6.07, 6.45) is -0.155. The molecule has 3 atom stereocenters. The summed E-state index contributed by atoms with van der Waals surface area (Å²) >= 11 is 9.53. The summed E-state index contributed by atoms with van der Waals surface area (Å²) in [7, 11) is 0. The standard InChI is InChI=1S/C23H22BrClFN7O4/c24-12-1-10(2-13(25)5-12)15(6-19(34)35)20(22(28)37)33-18-4-11(21(27)36)3-17(16(18)9-31-33)32-23-29-7-14(26)8-30-23/h1-5,9,14-15,20H,6-8H2,(H2,27,36)(H2,28,37)(H,34,35)(H2,29,30,32)/t15-,20?/m0/s1. The molecule has 2 unspecified atom stereocenters. The number of amides is 2. The van der Waals surface area contributed by atoms with E-state index >= 15 is 0 Å². The minimum atomic E-state index is -1.27. The summed E-state index contributed by atoms with van der Waals surface area (Å²) in [5, 5.41) is 20.6. The molecule has 2 aromatic carbocycles. The fourth-order valence-corrected chi connectivity index (χ4v) is 5.11. The summed E-state index contributed by atoms with van der Waals surface area (Å²) in [6.45, 7) is 0.0165. The van der Waals surface area contributed by atoms with Crippen LogP contribution in [0.4, 0.5) is 10.1 Å². The SMILES string of the molecule is NC(=O)c1cc(NC2=NCC(F)CN2)c2cnn(C(C(N)=O)[C@@H](CC(=O)O)c3cc(Cl)cc(Br)c3)c2c1. The number of carbonyl (C=O) groups excluding carboxylic acids is 2. The van der Waals surface area contributed by atoms with Gasteiger partial charge in [-0.15, -0.1) is 0 Å². The first kappa shape index (κ1) is 26.4. The first-order chi connectivity index (χ1) is 17.5. The number of alkyl halides is 1. The number of carboxylic acid groups (broad SMARTS) is 1. The summed E-state index contributed by atoms with van der Waals surface area (Å²) in [5.41, 5.74) is 12.5. The van der Waals surface area contributed by atoms with E-state index in [9.17, 15) is 23.9 Å². The number of nitrogens with two attached hydrogens (primary N) is 2. The number of benzene rings is 2. The van der Waals surface area contributed by atoms with Crippen LogP contribution in [0.15, 0.2) is 46.0 Å². The average molecular weight is 595 g/mol. The van der Waals surface area contributed by atoms with Gasteiger partial charge in [-0.05, 0) is 35.9 Å². The van der Waals surface area contributed by atoms with Gasteiger partial charge in [-0.25, -0.2) is 9.38 Å². The third kappa shape index (κ3) is 5.83. The van der Waals surface area contributed by atoms with Crippen molar-refractivity contribution in [1.82, 2.24) is 15.1 Å². The normalized spacial score (nSPS) is 16.9. The third-order valence-electron chi connectivity index (χ3n) is 5.84. The monoisotopic (exact) mass is 593 g/mol. The molecule has 0 spiro atoms. The molecule has 4 rings (SSSR count). The van der Waals surface area contributed by atoms with Gasteiger partial charge in [0.25, 0.3) is 0 Å². The van der Waals surface area contributed by atoms with Gasteiger partial charge in [-0.3, -0.25) is 19.1 Å². The van der Waals surface area contributed by atoms with E-state index in [4.69, 9.17) is 23.1 Å². The number of rotatable bonds is 8. The molecule has 11 nitrogen and oxygen atoms in total. The zero-order valence-electron chi connectivity index (χ0n) is 19.1. The molecule has 194 valence electrons. The Kier molecular flexibility index (Phi) is 7.64. The lowest BCUT2D eigenvalue weighted by Crippen LogP contribution is -2.41. The zero-order chi connectivity index (χ0) is 26.9. The van der Waals surface area contributed by atoms with Crippen molar-refractivity contribution in [1.29, 1.82) is 0 Å². The van der Waals surface area contributed by atoms with Gasteiger partial charge < -0.3 is 27.2 Å². The molecule has 14 heteroatoms. The number of aromatic nitrogens is 2. The fourth-order valence-electron chi connectivity index (χ4n) is 4.22. The lowest BCUT2D eigenvalue weighted by atomic mass is 9.88. The summed E-state index contributed by atoms with van der Waals surface area (Å²) in [4.78, 5) is 40.8. The van der Waals surface area contributed by atoms with Gasteiger partial charge in [0.15, 0.2) is 5.96 Å². The van der Waals surface area contributed by atoms with Crippen LogP contribution in [0.3, 0.4) is 0 Å². The van der Waals surface area contributed by atoms with Crippen LogP contribution in [0.2, 0.25) is 5.02 Å². The zero-order valence-corrected chi connectivity index (χ0v) is 21.5. The van der Waals surface area contributed by atoms with E-state index in [-0.39, 0.29) is 24.6 Å². The summed E-state index contributed by atoms with van der Waals surface area (Å²) in [5.74, 6) is -3.46. The van der Waals surface area contributed by atoms with Crippen molar-refractivity contribution in [2.45, 2.75) is 24.6 Å². The number of guanidine groups is 1. The van der Waals surface area contributed by atoms with Gasteiger partial charge in [0.1, 0.15) is 12.2 Å². The van der Waals surface area contributed by atoms with Crippen LogP contribution in [-0.4, -0.2) is 57.9 Å². The molecule has 0 aliphatic carbocycles. The van der Waals surface area contributed by atoms with Crippen LogP contribution in [0.25, 0.3) is 10.9 Å². The topological polar surface area (TPSA) is 178 Å². The molecule has 7 N–H and O–H groups in total. The highest BCUT2D eigenvalue weighted by atomic mass is 79.9. The van der Waals surface area contributed by atoms with Crippen molar-refractivity contribution in [3.63, 3.8) is 0 Å². The number of fused-ring (bicyclic) bond motifs is 1. The van der Waals surface area contributed by atoms with E-state index in [0.29, 0.717) is 31.6 Å². The lowest BCUT2D eigenvalue weighted by molar-refractivity contribution is -0.138. The second-order valence-electron chi connectivity index (χ2n) is 8.46. The predicted molar refractivity (Wildman–Crippen MR) is 139 cm³/mol. The number of carbonyl (C=O) groups is 3. The number of hydrogen-bond acceptors (Lipinski definition) is 7. The number of carboxylic acids is 1. The average Bonchev–Trinajstić information content (AvgIpc) is 3.23. The van der Waals surface area contributed by atoms with Crippen molar-refractivity contribution in [2.24, 2.45) is 16.5 Å². The van der Waals surface area contributed by atoms with Crippen molar-refractivity contribution >= 4 is 67.9 Å². The predicted octanol–water partition coefficient (Wildman–Crippen LogP) is 2.55. The fraction of sp³-hybridized carbons (Fsp3) is 0.261. The van der Waals surface area contributed by atoms with Crippen LogP contribution in [0.1, 0.15) is 34.3 Å². The van der Waals surface area contributed by atoms with E-state index in [0.717, 1.165) is 0 Å². The number of nitrogens with zero attached hydrogens (tertiary/aromatic N) is 3. The summed E-state index contributed by atoms with van der Waals surface area (Å²) in [6, 6.07) is 6.46. The van der Waals surface area contributed by atoms with Crippen molar-refractivity contribution in [3.05, 3.63) is 57.2 Å². The smallest absolute Gasteiger partial charge is 0.304 e. The molecular formula is C23H22BrClFN7O4. The largest absolute Gasteiger partial charge is 0.481 e. The molecule has 0 saturated carbocycles. The molecule has 2 heterocycles. The highest BCUT2D eigenvalue weighted by Crippen LogP contribution is 2.37. The van der Waals surface area contributed by atoms with Crippen molar-refractivity contribution in [3.8, 4) is 0 Å². The minimum absolute atomic E-state index is 0.0386. The quantitative estimate of drug-likeness (QED) is 0.266. The molecule has 1 aliphatic rings. The van der Waals surface area contributed by atoms with E-state index in [2.05, 4.69) is 36.7 Å². The number of nitrogens with one attached hydrogen (secondary N) is 2. The second kappa shape index (κ2) is 10.7. The Balaban J connectivity index is 1.87. The second-order valence-corrected chi connectivity index (χ2v) is 9.81. The van der Waals surface area contributed by atoms with Crippen LogP contribution >= 0.6 is 27.5 Å². The Hall–Kier alpha value is -3.71. The maximum Gasteiger partial charge on any atom is 0.304 e. The number of primary amides is 2. The number of halogens is 3. The highest BCUT2D eigenvalue weighted by Gasteiger charge is 2.34. The van der Waals surface area contributed by atoms with Gasteiger partial charge in [-0.1, -0.05) is 27.5 Å². The molecule has 37 heavy (non-hydrogen) atoms. The van der Waals surface area contributed by atoms with Crippen LogP contribution in [-0.2, 0) is 9.59 Å². The molecule has 1 aliphatic heterocycles. The van der Waals surface area contributed by atoms with Gasteiger partial charge in [0.2, 0.25) is 11.8 Å². The molecular weight excluding hydrogens is 573 g/mol. The van der Waals surface area contributed by atoms with Crippen molar-refractivity contribution < 1.29 is 23.9 Å². The molecule has 1 aromatic heterocycles. The number of aliphatic imine (C=N–C) groups is 1. The van der Waals surface area contributed by atoms with Gasteiger partial charge in [0, 0.05) is 26.4 Å². The first-order valence-corrected chi connectivity index (χ1v) is 12.2. The van der Waals surface area contributed by atoms with Gasteiger partial charge in [-0.2, -0.15) is 5.10 Å². The Morgan fingerprint density at radius 2 is 2.03 bits per heavy atom. The van der Waals surface area contributed by atoms with Crippen LogP contribution < -0.4 is 22.1 Å². The molecule has 0 fully saturated rings. The molecule has 0 radical (unpaired) electrons. The maximum atomic E-state index is 13.5. The van der Waals surface area contributed by atoms with E-state index in [1.54, 1.807) is 18.2 Å². The first-order valence-electron chi connectivity index (χ1n) is 11.0. The van der Waals surface area contributed by atoms with Crippen LogP contribution in [0, 0.1) is 0 Å². The molecule has 0 saturated heterocycles. The molecule has 2 amide bonds. The van der Waals surface area contributed by atoms with Gasteiger partial charge >= 0.3 is 5.97 Å². The Bertz CT molecular complexity index is 1410. The molecule has 0 bridgehead atoms.